The van der Waals surface area contributed by atoms with Crippen molar-refractivity contribution in [3.8, 4) is 11.5 Å². The van der Waals surface area contributed by atoms with E-state index in [1.165, 1.54) is 0 Å². The Morgan fingerprint density at radius 1 is 1.26 bits per heavy atom. The molecule has 0 spiro atoms. The topological polar surface area (TPSA) is 71.1 Å². The van der Waals surface area contributed by atoms with E-state index in [-0.39, 0.29) is 18.0 Å². The first-order chi connectivity index (χ1) is 14.6. The summed E-state index contributed by atoms with van der Waals surface area (Å²) in [7, 11) is 1.79. The van der Waals surface area contributed by atoms with E-state index in [0.717, 1.165) is 59.2 Å². The molecule has 0 saturated carbocycles. The van der Waals surface area contributed by atoms with Crippen LogP contribution in [-0.4, -0.2) is 46.2 Å². The third-order valence-electron chi connectivity index (χ3n) is 5.91. The second-order valence-electron chi connectivity index (χ2n) is 7.96. The normalized spacial score (nSPS) is 15.4. The van der Waals surface area contributed by atoms with Crippen LogP contribution in [0.25, 0.3) is 32.5 Å². The highest BCUT2D eigenvalue weighted by Crippen LogP contribution is 2.25. The highest BCUT2D eigenvalue weighted by molar-refractivity contribution is 7.17. The predicted octanol–water partition coefficient (Wildman–Crippen LogP) is 4.54. The number of fused-ring (bicyclic) bond motifs is 2. The molecule has 0 aliphatic carbocycles. The molecule has 162 valence electrons. The molecule has 0 bridgehead atoms. The first-order valence-electron chi connectivity index (χ1n) is 10.2. The van der Waals surface area contributed by atoms with Gasteiger partial charge in [0.15, 0.2) is 5.82 Å². The van der Waals surface area contributed by atoms with Crippen LogP contribution >= 0.6 is 23.7 Å². The fourth-order valence-corrected chi connectivity index (χ4v) is 5.05. The molecular formula is C23H25ClN4O2S. The molecule has 0 amide bonds. The van der Waals surface area contributed by atoms with Crippen molar-refractivity contribution in [2.24, 2.45) is 0 Å². The summed E-state index contributed by atoms with van der Waals surface area (Å²) in [6.45, 7) is 4.89. The number of rotatable bonds is 4. The van der Waals surface area contributed by atoms with Gasteiger partial charge in [-0.3, -0.25) is 14.7 Å². The van der Waals surface area contributed by atoms with E-state index in [1.54, 1.807) is 18.4 Å². The number of ether oxygens (including phenoxy) is 1. The van der Waals surface area contributed by atoms with Crippen molar-refractivity contribution < 1.29 is 4.74 Å². The molecule has 1 N–H and O–H groups in total. The number of nitrogens with one attached hydrogen (secondary N) is 1. The highest BCUT2D eigenvalue weighted by atomic mass is 35.5. The van der Waals surface area contributed by atoms with Crippen LogP contribution in [0.1, 0.15) is 24.0 Å². The van der Waals surface area contributed by atoms with E-state index in [0.29, 0.717) is 23.0 Å². The fraction of sp³-hybridized carbons (Fsp3) is 0.348. The van der Waals surface area contributed by atoms with Crippen molar-refractivity contribution in [2.45, 2.75) is 32.4 Å². The maximum atomic E-state index is 12.9. The molecule has 4 heterocycles. The number of pyridine rings is 1. The van der Waals surface area contributed by atoms with E-state index >= 15 is 0 Å². The van der Waals surface area contributed by atoms with Gasteiger partial charge in [0.25, 0.3) is 5.56 Å². The van der Waals surface area contributed by atoms with Gasteiger partial charge in [-0.15, -0.1) is 23.7 Å². The number of benzene rings is 1. The molecule has 0 radical (unpaired) electrons. The Hall–Kier alpha value is -2.32. The Morgan fingerprint density at radius 2 is 2.06 bits per heavy atom. The summed E-state index contributed by atoms with van der Waals surface area (Å²) in [6, 6.07) is 8.15. The summed E-state index contributed by atoms with van der Waals surface area (Å²) >= 11 is 1.65. The second kappa shape index (κ2) is 9.04. The number of hydrogen-bond acceptors (Lipinski definition) is 6. The molecule has 1 aromatic carbocycles. The van der Waals surface area contributed by atoms with Crippen LogP contribution in [-0.2, 0) is 11.3 Å². The smallest absolute Gasteiger partial charge is 0.259 e. The number of piperidine rings is 1. The third-order valence-corrected chi connectivity index (χ3v) is 6.79. The summed E-state index contributed by atoms with van der Waals surface area (Å²) in [5.74, 6) is 0.514. The molecule has 4 aromatic rings. The van der Waals surface area contributed by atoms with Gasteiger partial charge in [0.2, 0.25) is 0 Å². The molecule has 0 atom stereocenters. The van der Waals surface area contributed by atoms with Gasteiger partial charge in [-0.05, 0) is 54.5 Å². The van der Waals surface area contributed by atoms with Gasteiger partial charge < -0.3 is 9.72 Å². The number of hydrogen-bond donors (Lipinski definition) is 1. The van der Waals surface area contributed by atoms with Gasteiger partial charge in [0, 0.05) is 43.0 Å². The number of aryl methyl sites for hydroxylation is 1. The average molecular weight is 457 g/mol. The van der Waals surface area contributed by atoms with E-state index in [4.69, 9.17) is 9.72 Å². The van der Waals surface area contributed by atoms with Gasteiger partial charge in [-0.2, -0.15) is 0 Å². The quantitative estimate of drug-likeness (QED) is 0.488. The zero-order chi connectivity index (χ0) is 20.7. The van der Waals surface area contributed by atoms with Gasteiger partial charge >= 0.3 is 0 Å². The largest absolute Gasteiger partial charge is 0.381 e. The number of halogens is 1. The first kappa shape index (κ1) is 21.9. The number of nitrogens with zero attached hydrogens (tertiary/aromatic N) is 3. The lowest BCUT2D eigenvalue weighted by Crippen LogP contribution is -2.36. The minimum Gasteiger partial charge on any atom is -0.381 e. The van der Waals surface area contributed by atoms with Gasteiger partial charge in [0.05, 0.1) is 17.0 Å². The van der Waals surface area contributed by atoms with E-state index in [2.05, 4.69) is 20.9 Å². The third kappa shape index (κ3) is 4.36. The highest BCUT2D eigenvalue weighted by Gasteiger charge is 2.19. The van der Waals surface area contributed by atoms with Crippen molar-refractivity contribution >= 4 is 44.7 Å². The first-order valence-corrected chi connectivity index (χ1v) is 11.1. The van der Waals surface area contributed by atoms with Crippen molar-refractivity contribution in [1.82, 2.24) is 19.9 Å². The fourth-order valence-electron chi connectivity index (χ4n) is 4.25. The summed E-state index contributed by atoms with van der Waals surface area (Å²) < 4.78 is 6.60. The number of thiophene rings is 1. The molecule has 3 aromatic heterocycles. The molecule has 5 rings (SSSR count). The predicted molar refractivity (Wildman–Crippen MR) is 128 cm³/mol. The van der Waals surface area contributed by atoms with Crippen molar-refractivity contribution in [1.29, 1.82) is 0 Å². The molecule has 0 unspecified atom stereocenters. The van der Waals surface area contributed by atoms with Crippen LogP contribution in [0.4, 0.5) is 0 Å². The lowest BCUT2D eigenvalue weighted by atomic mass is 10.0. The van der Waals surface area contributed by atoms with E-state index in [1.807, 2.05) is 36.7 Å². The Morgan fingerprint density at radius 3 is 2.84 bits per heavy atom. The average Bonchev–Trinajstić information content (AvgIpc) is 3.23. The Kier molecular flexibility index (Phi) is 6.39. The second-order valence-corrected chi connectivity index (χ2v) is 8.91. The zero-order valence-corrected chi connectivity index (χ0v) is 19.2. The molecule has 8 heteroatoms. The molecular weight excluding hydrogens is 432 g/mol. The SMILES string of the molecule is COC1CCN(Cc2cc(C)c3nc(-c4cc5sccc5cn4)[nH]c(=O)c3c2)CC1.Cl. The Labute approximate surface area is 190 Å². The molecule has 1 saturated heterocycles. The van der Waals surface area contributed by atoms with Crippen LogP contribution in [0.3, 0.4) is 0 Å². The van der Waals surface area contributed by atoms with E-state index < -0.39 is 0 Å². The van der Waals surface area contributed by atoms with Crippen LogP contribution in [0.2, 0.25) is 0 Å². The number of methoxy groups -OCH3 is 1. The molecule has 6 nitrogen and oxygen atoms in total. The van der Waals surface area contributed by atoms with E-state index in [9.17, 15) is 4.79 Å². The molecule has 1 aliphatic rings. The number of aromatic amines is 1. The minimum absolute atomic E-state index is 0. The van der Waals surface area contributed by atoms with Gasteiger partial charge in [-0.25, -0.2) is 4.98 Å². The van der Waals surface area contributed by atoms with Crippen LogP contribution in [0, 0.1) is 6.92 Å². The zero-order valence-electron chi connectivity index (χ0n) is 17.6. The Balaban J connectivity index is 0.00000231. The summed E-state index contributed by atoms with van der Waals surface area (Å²) in [5, 5.41) is 3.77. The summed E-state index contributed by atoms with van der Waals surface area (Å²) in [4.78, 5) is 27.5. The monoisotopic (exact) mass is 456 g/mol. The van der Waals surface area contributed by atoms with Crippen LogP contribution in [0.15, 0.2) is 40.6 Å². The maximum Gasteiger partial charge on any atom is 0.259 e. The lowest BCUT2D eigenvalue weighted by molar-refractivity contribution is 0.0389. The summed E-state index contributed by atoms with van der Waals surface area (Å²) in [5.41, 5.74) is 3.47. The lowest BCUT2D eigenvalue weighted by Gasteiger charge is -2.31. The number of H-pyrrole nitrogens is 1. The summed E-state index contributed by atoms with van der Waals surface area (Å²) in [6.07, 6.45) is 4.30. The van der Waals surface area contributed by atoms with Crippen LogP contribution < -0.4 is 5.56 Å². The molecule has 1 aliphatic heterocycles. The van der Waals surface area contributed by atoms with Gasteiger partial charge in [-0.1, -0.05) is 6.07 Å². The Bertz CT molecular complexity index is 1280. The maximum absolute atomic E-state index is 12.9. The van der Waals surface area contributed by atoms with Crippen molar-refractivity contribution in [2.75, 3.05) is 20.2 Å². The van der Waals surface area contributed by atoms with Crippen LogP contribution in [0.5, 0.6) is 0 Å². The molecule has 1 fully saturated rings. The minimum atomic E-state index is -0.119. The molecule has 31 heavy (non-hydrogen) atoms. The number of likely N-dealkylation sites (tertiary alicyclic amines) is 1. The van der Waals surface area contributed by atoms with Crippen molar-refractivity contribution in [3.05, 3.63) is 57.3 Å². The standard InChI is InChI=1S/C23H24N4O2S.ClH/c1-14-9-15(13-27-6-3-17(29-2)4-7-27)10-18-21(14)25-22(26-23(18)28)19-11-20-16(12-24-19)5-8-30-20;/h5,8-12,17H,3-4,6-7,13H2,1-2H3,(H,25,26,28);1H. The van der Waals surface area contributed by atoms with Gasteiger partial charge in [0.1, 0.15) is 5.69 Å². The number of aromatic nitrogens is 3. The van der Waals surface area contributed by atoms with Crippen molar-refractivity contribution in [3.63, 3.8) is 0 Å².